The van der Waals surface area contributed by atoms with Gasteiger partial charge in [-0.3, -0.25) is 9.69 Å². The van der Waals surface area contributed by atoms with E-state index in [1.807, 2.05) is 54.6 Å². The third kappa shape index (κ3) is 3.03. The zero-order valence-electron chi connectivity index (χ0n) is 12.8. The number of carbonyl (C=O) groups excluding carboxylic acids is 1. The first-order chi connectivity index (χ1) is 11.7. The summed E-state index contributed by atoms with van der Waals surface area (Å²) in [6.07, 6.45) is 0.697. The first-order valence-electron chi connectivity index (χ1n) is 7.43. The summed E-state index contributed by atoms with van der Waals surface area (Å²) in [6, 6.07) is 23.6. The van der Waals surface area contributed by atoms with Crippen LogP contribution < -0.4 is 4.90 Å². The minimum absolute atomic E-state index is 0.136. The van der Waals surface area contributed by atoms with Gasteiger partial charge in [-0.1, -0.05) is 54.6 Å². The summed E-state index contributed by atoms with van der Waals surface area (Å²) in [4.78, 5) is 24.4. The molecule has 4 nitrogen and oxygen atoms in total. The number of carboxylic acid groups (broad SMARTS) is 1. The first-order valence-corrected chi connectivity index (χ1v) is 7.43. The van der Waals surface area contributed by atoms with E-state index in [4.69, 9.17) is 5.11 Å². The molecule has 0 atom stereocenters. The summed E-state index contributed by atoms with van der Waals surface area (Å²) >= 11 is 0. The number of carbonyl (C=O) groups is 2. The van der Waals surface area contributed by atoms with Gasteiger partial charge < -0.3 is 5.11 Å². The fourth-order valence-electron chi connectivity index (χ4n) is 2.59. The third-order valence-electron chi connectivity index (χ3n) is 3.73. The predicted octanol–water partition coefficient (Wildman–Crippen LogP) is 4.35. The van der Waals surface area contributed by atoms with Crippen molar-refractivity contribution in [3.05, 3.63) is 84.4 Å². The van der Waals surface area contributed by atoms with E-state index in [9.17, 15) is 9.59 Å². The zero-order chi connectivity index (χ0) is 16.9. The van der Waals surface area contributed by atoms with E-state index in [2.05, 4.69) is 0 Å². The number of anilines is 2. The van der Waals surface area contributed by atoms with Gasteiger partial charge in [0.05, 0.1) is 11.3 Å². The minimum atomic E-state index is -1.03. The van der Waals surface area contributed by atoms with Crippen LogP contribution in [0.1, 0.15) is 10.4 Å². The van der Waals surface area contributed by atoms with Gasteiger partial charge in [0.1, 0.15) is 0 Å². The molecule has 0 aliphatic heterocycles. The van der Waals surface area contributed by atoms with Gasteiger partial charge >= 0.3 is 5.97 Å². The molecule has 0 saturated heterocycles. The van der Waals surface area contributed by atoms with Crippen LogP contribution in [0.15, 0.2) is 78.9 Å². The molecule has 0 radical (unpaired) electrons. The minimum Gasteiger partial charge on any atom is -0.478 e. The molecule has 0 aliphatic carbocycles. The summed E-state index contributed by atoms with van der Waals surface area (Å²) in [5, 5.41) is 9.16. The second-order valence-electron chi connectivity index (χ2n) is 5.21. The van der Waals surface area contributed by atoms with Crippen LogP contribution in [0.4, 0.5) is 11.4 Å². The standard InChI is InChI=1S/C20H15NO3/c22-14-21(17-10-6-9-16(13-17)20(23)24)19-12-5-4-11-18(19)15-7-2-1-3-8-15/h1-14H,(H,23,24). The van der Waals surface area contributed by atoms with E-state index in [0.29, 0.717) is 17.8 Å². The average molecular weight is 317 g/mol. The third-order valence-corrected chi connectivity index (χ3v) is 3.73. The lowest BCUT2D eigenvalue weighted by atomic mass is 10.0. The molecule has 0 fully saturated rings. The predicted molar refractivity (Wildman–Crippen MR) is 93.5 cm³/mol. The Hall–Kier alpha value is -3.40. The lowest BCUT2D eigenvalue weighted by molar-refractivity contribution is -0.106. The number of amides is 1. The Balaban J connectivity index is 2.12. The van der Waals surface area contributed by atoms with E-state index in [1.165, 1.54) is 17.0 Å². The Bertz CT molecular complexity index is 875. The molecule has 118 valence electrons. The molecule has 0 spiro atoms. The van der Waals surface area contributed by atoms with Crippen LogP contribution >= 0.6 is 0 Å². The van der Waals surface area contributed by atoms with Crippen LogP contribution in [0.25, 0.3) is 11.1 Å². The molecular weight excluding hydrogens is 302 g/mol. The number of carboxylic acids is 1. The Morgan fingerprint density at radius 3 is 2.29 bits per heavy atom. The summed E-state index contributed by atoms with van der Waals surface area (Å²) in [7, 11) is 0. The maximum Gasteiger partial charge on any atom is 0.335 e. The lowest BCUT2D eigenvalue weighted by Gasteiger charge is -2.21. The van der Waals surface area contributed by atoms with E-state index in [1.54, 1.807) is 12.1 Å². The summed E-state index contributed by atoms with van der Waals surface area (Å²) < 4.78 is 0. The molecule has 3 rings (SSSR count). The average Bonchev–Trinajstić information content (AvgIpc) is 2.64. The zero-order valence-corrected chi connectivity index (χ0v) is 12.8. The van der Waals surface area contributed by atoms with E-state index in [-0.39, 0.29) is 5.56 Å². The van der Waals surface area contributed by atoms with Crippen molar-refractivity contribution >= 4 is 23.8 Å². The summed E-state index contributed by atoms with van der Waals surface area (Å²) in [5.74, 6) is -1.03. The van der Waals surface area contributed by atoms with Crippen LogP contribution in [0.3, 0.4) is 0 Å². The Kier molecular flexibility index (Phi) is 4.38. The summed E-state index contributed by atoms with van der Waals surface area (Å²) in [5.41, 5.74) is 3.21. The number of rotatable bonds is 5. The van der Waals surface area contributed by atoms with Crippen molar-refractivity contribution in [3.8, 4) is 11.1 Å². The SMILES string of the molecule is O=CN(c1cccc(C(=O)O)c1)c1ccccc1-c1ccccc1. The van der Waals surface area contributed by atoms with E-state index in [0.717, 1.165) is 11.1 Å². The topological polar surface area (TPSA) is 57.6 Å². The molecule has 0 bridgehead atoms. The molecule has 1 amide bonds. The maximum absolute atomic E-state index is 11.7. The largest absolute Gasteiger partial charge is 0.478 e. The van der Waals surface area contributed by atoms with E-state index < -0.39 is 5.97 Å². The van der Waals surface area contributed by atoms with Gasteiger partial charge in [-0.05, 0) is 29.8 Å². The van der Waals surface area contributed by atoms with Gasteiger partial charge in [0, 0.05) is 11.3 Å². The quantitative estimate of drug-likeness (QED) is 0.712. The lowest BCUT2D eigenvalue weighted by Crippen LogP contribution is -2.15. The molecule has 24 heavy (non-hydrogen) atoms. The fourth-order valence-corrected chi connectivity index (χ4v) is 2.59. The van der Waals surface area contributed by atoms with Gasteiger partial charge in [-0.25, -0.2) is 4.79 Å². The van der Waals surface area contributed by atoms with Crippen molar-refractivity contribution in [2.24, 2.45) is 0 Å². The molecule has 0 aromatic heterocycles. The number of hydrogen-bond donors (Lipinski definition) is 1. The highest BCUT2D eigenvalue weighted by atomic mass is 16.4. The highest BCUT2D eigenvalue weighted by Crippen LogP contribution is 2.34. The van der Waals surface area contributed by atoms with Crippen LogP contribution in [0.2, 0.25) is 0 Å². The monoisotopic (exact) mass is 317 g/mol. The van der Waals surface area contributed by atoms with Crippen LogP contribution in [-0.2, 0) is 4.79 Å². The van der Waals surface area contributed by atoms with Gasteiger partial charge in [0.25, 0.3) is 0 Å². The number of hydrogen-bond acceptors (Lipinski definition) is 2. The normalized spacial score (nSPS) is 10.2. The molecule has 1 N–H and O–H groups in total. The Labute approximate surface area is 139 Å². The first kappa shape index (κ1) is 15.5. The second-order valence-corrected chi connectivity index (χ2v) is 5.21. The molecule has 4 heteroatoms. The number of para-hydroxylation sites is 1. The van der Waals surface area contributed by atoms with Crippen LogP contribution in [0, 0.1) is 0 Å². The van der Waals surface area contributed by atoms with Crippen molar-refractivity contribution in [1.82, 2.24) is 0 Å². The van der Waals surface area contributed by atoms with Crippen molar-refractivity contribution in [2.75, 3.05) is 4.90 Å². The van der Waals surface area contributed by atoms with Gasteiger partial charge in [-0.15, -0.1) is 0 Å². The Morgan fingerprint density at radius 2 is 1.58 bits per heavy atom. The van der Waals surface area contributed by atoms with Crippen LogP contribution in [0.5, 0.6) is 0 Å². The Morgan fingerprint density at radius 1 is 0.875 bits per heavy atom. The number of benzene rings is 3. The van der Waals surface area contributed by atoms with Gasteiger partial charge in [0.2, 0.25) is 6.41 Å². The maximum atomic E-state index is 11.7. The van der Waals surface area contributed by atoms with Crippen molar-refractivity contribution in [3.63, 3.8) is 0 Å². The smallest absolute Gasteiger partial charge is 0.335 e. The van der Waals surface area contributed by atoms with Gasteiger partial charge in [-0.2, -0.15) is 0 Å². The second kappa shape index (κ2) is 6.79. The van der Waals surface area contributed by atoms with Crippen LogP contribution in [-0.4, -0.2) is 17.5 Å². The molecule has 3 aromatic rings. The number of aromatic carboxylic acids is 1. The van der Waals surface area contributed by atoms with E-state index >= 15 is 0 Å². The summed E-state index contributed by atoms with van der Waals surface area (Å²) in [6.45, 7) is 0. The van der Waals surface area contributed by atoms with Gasteiger partial charge in [0.15, 0.2) is 0 Å². The number of nitrogens with zero attached hydrogens (tertiary/aromatic N) is 1. The molecular formula is C20H15NO3. The highest BCUT2D eigenvalue weighted by molar-refractivity contribution is 5.96. The molecule has 0 saturated carbocycles. The molecule has 0 unspecified atom stereocenters. The highest BCUT2D eigenvalue weighted by Gasteiger charge is 2.15. The molecule has 0 heterocycles. The van der Waals surface area contributed by atoms with Crippen molar-refractivity contribution in [2.45, 2.75) is 0 Å². The molecule has 3 aromatic carbocycles. The van der Waals surface area contributed by atoms with Crippen molar-refractivity contribution in [1.29, 1.82) is 0 Å². The molecule has 0 aliphatic rings. The van der Waals surface area contributed by atoms with Crippen molar-refractivity contribution < 1.29 is 14.7 Å². The fraction of sp³-hybridized carbons (Fsp3) is 0.